The molecule has 3 rings (SSSR count). The fraction of sp³-hybridized carbons (Fsp3) is 0.222. The van der Waals surface area contributed by atoms with E-state index in [4.69, 9.17) is 4.74 Å². The molecule has 25 heavy (non-hydrogen) atoms. The van der Waals surface area contributed by atoms with Gasteiger partial charge in [-0.15, -0.1) is 0 Å². The van der Waals surface area contributed by atoms with Crippen LogP contribution in [0, 0.1) is 5.82 Å². The highest BCUT2D eigenvalue weighted by atomic mass is 79.9. The normalized spacial score (nSPS) is 13.2. The van der Waals surface area contributed by atoms with Gasteiger partial charge in [0.15, 0.2) is 6.61 Å². The number of amides is 2. The van der Waals surface area contributed by atoms with Gasteiger partial charge in [-0.05, 0) is 59.1 Å². The Kier molecular flexibility index (Phi) is 5.33. The molecule has 1 aliphatic carbocycles. The molecule has 0 unspecified atom stereocenters. The summed E-state index contributed by atoms with van der Waals surface area (Å²) < 4.78 is 18.8. The minimum atomic E-state index is -0.414. The van der Waals surface area contributed by atoms with Crippen LogP contribution in [0.2, 0.25) is 0 Å². The molecule has 0 atom stereocenters. The summed E-state index contributed by atoms with van der Waals surface area (Å²) in [4.78, 5) is 24.3. The average Bonchev–Trinajstić information content (AvgIpc) is 3.38. The van der Waals surface area contributed by atoms with Gasteiger partial charge < -0.3 is 15.4 Å². The Balaban J connectivity index is 1.61. The largest absolute Gasteiger partial charge is 0.483 e. The van der Waals surface area contributed by atoms with Crippen LogP contribution in [-0.2, 0) is 4.79 Å². The van der Waals surface area contributed by atoms with Crippen LogP contribution in [0.15, 0.2) is 46.9 Å². The van der Waals surface area contributed by atoms with E-state index in [-0.39, 0.29) is 18.6 Å². The molecule has 1 aliphatic rings. The lowest BCUT2D eigenvalue weighted by atomic mass is 10.1. The average molecular weight is 407 g/mol. The number of ether oxygens (including phenoxy) is 1. The van der Waals surface area contributed by atoms with Crippen LogP contribution in [-0.4, -0.2) is 24.5 Å². The predicted octanol–water partition coefficient (Wildman–Crippen LogP) is 3.50. The van der Waals surface area contributed by atoms with Crippen molar-refractivity contribution in [3.8, 4) is 5.75 Å². The van der Waals surface area contributed by atoms with E-state index < -0.39 is 11.7 Å². The van der Waals surface area contributed by atoms with E-state index in [9.17, 15) is 14.0 Å². The van der Waals surface area contributed by atoms with Gasteiger partial charge in [0.1, 0.15) is 11.6 Å². The second-order valence-electron chi connectivity index (χ2n) is 5.70. The summed E-state index contributed by atoms with van der Waals surface area (Å²) >= 11 is 3.17. The summed E-state index contributed by atoms with van der Waals surface area (Å²) in [5.74, 6) is -0.668. The van der Waals surface area contributed by atoms with Crippen LogP contribution < -0.4 is 15.4 Å². The summed E-state index contributed by atoms with van der Waals surface area (Å²) in [6, 6.07) is 11.0. The molecular formula is C18H16BrFN2O3. The molecule has 1 fully saturated rings. The Hall–Kier alpha value is -2.41. The summed E-state index contributed by atoms with van der Waals surface area (Å²) in [7, 11) is 0. The monoisotopic (exact) mass is 406 g/mol. The van der Waals surface area contributed by atoms with Crippen molar-refractivity contribution in [3.05, 3.63) is 58.3 Å². The molecule has 0 spiro atoms. The second kappa shape index (κ2) is 7.65. The van der Waals surface area contributed by atoms with Crippen LogP contribution in [0.3, 0.4) is 0 Å². The van der Waals surface area contributed by atoms with E-state index in [1.165, 1.54) is 18.2 Å². The number of para-hydroxylation sites is 1. The first-order valence-electron chi connectivity index (χ1n) is 7.80. The lowest BCUT2D eigenvalue weighted by Crippen LogP contribution is -2.28. The Labute approximate surface area is 152 Å². The Morgan fingerprint density at radius 1 is 1.20 bits per heavy atom. The highest BCUT2D eigenvalue weighted by Crippen LogP contribution is 2.25. The number of hydrogen-bond acceptors (Lipinski definition) is 3. The van der Waals surface area contributed by atoms with Crippen molar-refractivity contribution in [2.24, 2.45) is 0 Å². The first-order chi connectivity index (χ1) is 12.0. The van der Waals surface area contributed by atoms with Crippen LogP contribution >= 0.6 is 15.9 Å². The van der Waals surface area contributed by atoms with Gasteiger partial charge in [-0.25, -0.2) is 4.39 Å². The van der Waals surface area contributed by atoms with Crippen molar-refractivity contribution in [3.63, 3.8) is 0 Å². The van der Waals surface area contributed by atoms with Crippen LogP contribution in [0.25, 0.3) is 0 Å². The summed E-state index contributed by atoms with van der Waals surface area (Å²) in [5, 5.41) is 5.56. The summed E-state index contributed by atoms with van der Waals surface area (Å²) in [6.07, 6.45) is 1.97. The maximum absolute atomic E-state index is 13.0. The van der Waals surface area contributed by atoms with Crippen molar-refractivity contribution in [1.29, 1.82) is 0 Å². The van der Waals surface area contributed by atoms with Crippen molar-refractivity contribution in [2.45, 2.75) is 18.9 Å². The van der Waals surface area contributed by atoms with Crippen molar-refractivity contribution in [1.82, 2.24) is 5.32 Å². The number of nitrogens with one attached hydrogen (secondary N) is 2. The zero-order chi connectivity index (χ0) is 17.8. The molecule has 1 saturated carbocycles. The van der Waals surface area contributed by atoms with Gasteiger partial charge in [0, 0.05) is 6.04 Å². The Bertz CT molecular complexity index is 809. The van der Waals surface area contributed by atoms with Gasteiger partial charge in [0.25, 0.3) is 11.8 Å². The smallest absolute Gasteiger partial charge is 0.262 e. The zero-order valence-electron chi connectivity index (χ0n) is 13.2. The third kappa shape index (κ3) is 4.79. The topological polar surface area (TPSA) is 67.4 Å². The molecule has 130 valence electrons. The molecule has 0 aliphatic heterocycles. The van der Waals surface area contributed by atoms with E-state index in [0.717, 1.165) is 12.8 Å². The van der Waals surface area contributed by atoms with E-state index in [1.54, 1.807) is 24.3 Å². The number of carbonyl (C=O) groups is 2. The fourth-order valence-electron chi connectivity index (χ4n) is 2.20. The number of halogens is 2. The second-order valence-corrected chi connectivity index (χ2v) is 6.56. The third-order valence-electron chi connectivity index (χ3n) is 3.61. The number of anilines is 1. The maximum atomic E-state index is 13.0. The van der Waals surface area contributed by atoms with Gasteiger partial charge in [0.2, 0.25) is 0 Å². The Morgan fingerprint density at radius 3 is 2.68 bits per heavy atom. The van der Waals surface area contributed by atoms with Gasteiger partial charge in [-0.1, -0.05) is 12.1 Å². The number of rotatable bonds is 6. The molecule has 2 aromatic rings. The van der Waals surface area contributed by atoms with Gasteiger partial charge in [0.05, 0.1) is 15.7 Å². The minimum absolute atomic E-state index is 0.208. The van der Waals surface area contributed by atoms with Gasteiger partial charge in [-0.2, -0.15) is 0 Å². The fourth-order valence-corrected chi connectivity index (χ4v) is 2.67. The molecule has 2 amide bonds. The molecule has 0 heterocycles. The number of carbonyl (C=O) groups excluding carboxylic acids is 2. The highest BCUT2D eigenvalue weighted by molar-refractivity contribution is 9.10. The molecule has 5 nitrogen and oxygen atoms in total. The first kappa shape index (κ1) is 17.4. The highest BCUT2D eigenvalue weighted by Gasteiger charge is 2.25. The third-order valence-corrected chi connectivity index (χ3v) is 4.23. The number of benzene rings is 2. The van der Waals surface area contributed by atoms with Crippen molar-refractivity contribution >= 4 is 33.4 Å². The molecule has 0 saturated heterocycles. The minimum Gasteiger partial charge on any atom is -0.483 e. The van der Waals surface area contributed by atoms with E-state index in [1.807, 2.05) is 0 Å². The van der Waals surface area contributed by atoms with E-state index in [2.05, 4.69) is 26.6 Å². The maximum Gasteiger partial charge on any atom is 0.262 e. The Morgan fingerprint density at radius 2 is 1.96 bits per heavy atom. The van der Waals surface area contributed by atoms with Gasteiger partial charge in [-0.3, -0.25) is 9.59 Å². The van der Waals surface area contributed by atoms with Crippen LogP contribution in [0.5, 0.6) is 5.75 Å². The zero-order valence-corrected chi connectivity index (χ0v) is 14.8. The van der Waals surface area contributed by atoms with Crippen molar-refractivity contribution < 1.29 is 18.7 Å². The van der Waals surface area contributed by atoms with E-state index >= 15 is 0 Å². The molecule has 0 aromatic heterocycles. The van der Waals surface area contributed by atoms with Crippen LogP contribution in [0.1, 0.15) is 23.2 Å². The standard InChI is InChI=1S/C18H16BrFN2O3/c19-14-9-11(20)5-8-16(14)25-10-17(23)22-15-4-2-1-3-13(15)18(24)21-12-6-7-12/h1-5,8-9,12H,6-7,10H2,(H,21,24)(H,22,23). The lowest BCUT2D eigenvalue weighted by molar-refractivity contribution is -0.118. The van der Waals surface area contributed by atoms with Crippen LogP contribution in [0.4, 0.5) is 10.1 Å². The molecular weight excluding hydrogens is 391 g/mol. The first-order valence-corrected chi connectivity index (χ1v) is 8.60. The lowest BCUT2D eigenvalue weighted by Gasteiger charge is -2.12. The molecule has 0 bridgehead atoms. The SMILES string of the molecule is O=C(COc1ccc(F)cc1Br)Nc1ccccc1C(=O)NC1CC1. The summed E-state index contributed by atoms with van der Waals surface area (Å²) in [6.45, 7) is -0.261. The quantitative estimate of drug-likeness (QED) is 0.771. The van der Waals surface area contributed by atoms with E-state index in [0.29, 0.717) is 21.5 Å². The molecule has 2 N–H and O–H groups in total. The van der Waals surface area contributed by atoms with Crippen molar-refractivity contribution in [2.75, 3.05) is 11.9 Å². The summed E-state index contributed by atoms with van der Waals surface area (Å²) in [5.41, 5.74) is 0.832. The molecule has 0 radical (unpaired) electrons. The molecule has 7 heteroatoms. The number of hydrogen-bond donors (Lipinski definition) is 2. The predicted molar refractivity (Wildman–Crippen MR) is 95.2 cm³/mol. The van der Waals surface area contributed by atoms with Gasteiger partial charge >= 0.3 is 0 Å². The molecule has 2 aromatic carbocycles.